The van der Waals surface area contributed by atoms with Crippen LogP contribution in [-0.4, -0.2) is 77.1 Å². The Kier molecular flexibility index (Phi) is 15.1. The molecule has 4 amide bonds. The van der Waals surface area contributed by atoms with Gasteiger partial charge in [0, 0.05) is 0 Å². The van der Waals surface area contributed by atoms with Crippen molar-refractivity contribution in [2.24, 2.45) is 22.9 Å². The molecule has 0 saturated heterocycles. The molecule has 0 saturated carbocycles. The summed E-state index contributed by atoms with van der Waals surface area (Å²) in [5, 5.41) is 26.2. The molecule has 4 atom stereocenters. The van der Waals surface area contributed by atoms with Gasteiger partial charge in [0.05, 0.1) is 12.5 Å². The molecule has 1 aromatic rings. The summed E-state index contributed by atoms with van der Waals surface area (Å²) in [5.74, 6) is -4.41. The van der Waals surface area contributed by atoms with Gasteiger partial charge in [-0.15, -0.1) is 0 Å². The molecule has 0 bridgehead atoms. The van der Waals surface area contributed by atoms with Gasteiger partial charge in [0.2, 0.25) is 23.6 Å². The second kappa shape index (κ2) is 17.7. The Bertz CT molecular complexity index is 959. The third-order valence-corrected chi connectivity index (χ3v) is 5.91. The maximum absolute atomic E-state index is 13.1. The Balaban J connectivity index is 2.96. The highest BCUT2D eigenvalue weighted by atomic mass is 16.4. The molecule has 0 aliphatic carbocycles. The Morgan fingerprint density at radius 3 is 1.74 bits per heavy atom. The number of phenols is 1. The molecule has 0 aliphatic rings. The van der Waals surface area contributed by atoms with Crippen molar-refractivity contribution >= 4 is 29.6 Å². The molecule has 14 nitrogen and oxygen atoms in total. The van der Waals surface area contributed by atoms with Crippen molar-refractivity contribution < 1.29 is 34.2 Å². The van der Waals surface area contributed by atoms with Crippen LogP contribution >= 0.6 is 0 Å². The molecule has 14 heteroatoms. The lowest BCUT2D eigenvalue weighted by atomic mass is 10.0. The van der Waals surface area contributed by atoms with E-state index in [1.807, 2.05) is 0 Å². The number of carbonyl (C=O) groups excluding carboxylic acids is 4. The second-order valence-electron chi connectivity index (χ2n) is 9.24. The number of nitrogens with two attached hydrogens (primary N) is 4. The topological polar surface area (TPSA) is 266 Å². The van der Waals surface area contributed by atoms with E-state index in [9.17, 15) is 34.2 Å². The Morgan fingerprint density at radius 1 is 0.744 bits per heavy atom. The molecule has 39 heavy (non-hydrogen) atoms. The van der Waals surface area contributed by atoms with E-state index in [-0.39, 0.29) is 25.0 Å². The van der Waals surface area contributed by atoms with Crippen LogP contribution in [0.5, 0.6) is 5.75 Å². The number of unbranched alkanes of at least 4 members (excludes halogenated alkanes) is 2. The van der Waals surface area contributed by atoms with Gasteiger partial charge in [-0.1, -0.05) is 12.1 Å². The van der Waals surface area contributed by atoms with E-state index in [0.717, 1.165) is 0 Å². The lowest BCUT2D eigenvalue weighted by molar-refractivity contribution is -0.142. The van der Waals surface area contributed by atoms with Gasteiger partial charge in [0.1, 0.15) is 23.9 Å². The van der Waals surface area contributed by atoms with Gasteiger partial charge in [-0.2, -0.15) is 0 Å². The summed E-state index contributed by atoms with van der Waals surface area (Å²) >= 11 is 0. The summed E-state index contributed by atoms with van der Waals surface area (Å²) in [6, 6.07) is 1.29. The molecule has 218 valence electrons. The summed E-state index contributed by atoms with van der Waals surface area (Å²) in [6.45, 7) is 0.715. The molecule has 0 heterocycles. The van der Waals surface area contributed by atoms with Crippen LogP contribution in [-0.2, 0) is 30.4 Å². The molecule has 0 fully saturated rings. The van der Waals surface area contributed by atoms with Crippen LogP contribution in [0.15, 0.2) is 24.3 Å². The van der Waals surface area contributed by atoms with Crippen LogP contribution in [0.3, 0.4) is 0 Å². The third-order valence-electron chi connectivity index (χ3n) is 5.91. The first-order valence-electron chi connectivity index (χ1n) is 12.8. The van der Waals surface area contributed by atoms with Crippen LogP contribution in [0.1, 0.15) is 50.5 Å². The van der Waals surface area contributed by atoms with E-state index in [0.29, 0.717) is 44.3 Å². The quantitative estimate of drug-likeness (QED) is 0.0848. The minimum Gasteiger partial charge on any atom is -0.508 e. The van der Waals surface area contributed by atoms with Gasteiger partial charge >= 0.3 is 5.97 Å². The van der Waals surface area contributed by atoms with Crippen molar-refractivity contribution in [1.82, 2.24) is 16.0 Å². The summed E-state index contributed by atoms with van der Waals surface area (Å²) in [6.07, 6.45) is 1.85. The molecule has 1 rings (SSSR count). The SMILES string of the molecule is NCCCCC(NC(=O)C(CC(N)=O)NC(=O)C(CCCCN)NC(=O)C(N)Cc1ccc(O)cc1)C(=O)O. The largest absolute Gasteiger partial charge is 0.508 e. The third kappa shape index (κ3) is 13.0. The molecule has 1 aromatic carbocycles. The number of carboxylic acids is 1. The molecular weight excluding hydrogens is 510 g/mol. The molecular formula is C25H41N7O7. The number of aromatic hydroxyl groups is 1. The fourth-order valence-electron chi connectivity index (χ4n) is 3.72. The number of rotatable bonds is 19. The highest BCUT2D eigenvalue weighted by Gasteiger charge is 2.31. The van der Waals surface area contributed by atoms with Crippen molar-refractivity contribution in [3.05, 3.63) is 29.8 Å². The minimum atomic E-state index is -1.47. The molecule has 13 N–H and O–H groups in total. The predicted octanol–water partition coefficient (Wildman–Crippen LogP) is -2.07. The first-order valence-corrected chi connectivity index (χ1v) is 12.8. The summed E-state index contributed by atoms with van der Waals surface area (Å²) in [7, 11) is 0. The monoisotopic (exact) mass is 551 g/mol. The zero-order valence-corrected chi connectivity index (χ0v) is 21.9. The van der Waals surface area contributed by atoms with Crippen LogP contribution in [0.2, 0.25) is 0 Å². The summed E-state index contributed by atoms with van der Waals surface area (Å²) < 4.78 is 0. The van der Waals surface area contributed by atoms with Crippen molar-refractivity contribution in [1.29, 1.82) is 0 Å². The van der Waals surface area contributed by atoms with Gasteiger partial charge in [0.25, 0.3) is 0 Å². The number of hydrogen-bond donors (Lipinski definition) is 9. The van der Waals surface area contributed by atoms with Crippen molar-refractivity contribution in [3.8, 4) is 5.75 Å². The first kappa shape index (κ1) is 33.3. The average Bonchev–Trinajstić information content (AvgIpc) is 2.87. The smallest absolute Gasteiger partial charge is 0.326 e. The number of hydrogen-bond acceptors (Lipinski definition) is 9. The van der Waals surface area contributed by atoms with E-state index >= 15 is 0 Å². The van der Waals surface area contributed by atoms with E-state index in [2.05, 4.69) is 16.0 Å². The number of phenolic OH excluding ortho intramolecular Hbond substituents is 1. The maximum Gasteiger partial charge on any atom is 0.326 e. The van der Waals surface area contributed by atoms with E-state index in [4.69, 9.17) is 22.9 Å². The Morgan fingerprint density at radius 2 is 1.23 bits per heavy atom. The van der Waals surface area contributed by atoms with Crippen molar-refractivity contribution in [2.75, 3.05) is 13.1 Å². The van der Waals surface area contributed by atoms with Crippen LogP contribution < -0.4 is 38.9 Å². The van der Waals surface area contributed by atoms with E-state index < -0.39 is 60.2 Å². The van der Waals surface area contributed by atoms with Crippen molar-refractivity contribution in [3.63, 3.8) is 0 Å². The number of nitrogens with one attached hydrogen (secondary N) is 3. The minimum absolute atomic E-state index is 0.0631. The fourth-order valence-corrected chi connectivity index (χ4v) is 3.72. The number of primary amides is 1. The maximum atomic E-state index is 13.1. The lowest BCUT2D eigenvalue weighted by Gasteiger charge is -2.25. The van der Waals surface area contributed by atoms with Crippen LogP contribution in [0.4, 0.5) is 0 Å². The van der Waals surface area contributed by atoms with Gasteiger partial charge in [-0.3, -0.25) is 19.2 Å². The molecule has 0 aromatic heterocycles. The number of aliphatic carboxylic acids is 1. The van der Waals surface area contributed by atoms with Gasteiger partial charge in [-0.05, 0) is 75.7 Å². The second-order valence-corrected chi connectivity index (χ2v) is 9.24. The summed E-state index contributed by atoms with van der Waals surface area (Å²) in [5.41, 5.74) is 22.9. The highest BCUT2D eigenvalue weighted by molar-refractivity contribution is 5.96. The number of amides is 4. The highest BCUT2D eigenvalue weighted by Crippen LogP contribution is 2.11. The van der Waals surface area contributed by atoms with Gasteiger partial charge < -0.3 is 49.1 Å². The average molecular weight is 552 g/mol. The molecule has 0 spiro atoms. The van der Waals surface area contributed by atoms with Crippen LogP contribution in [0.25, 0.3) is 0 Å². The van der Waals surface area contributed by atoms with Crippen LogP contribution in [0, 0.1) is 0 Å². The van der Waals surface area contributed by atoms with E-state index in [1.165, 1.54) is 12.1 Å². The molecule has 0 aliphatic heterocycles. The number of benzene rings is 1. The first-order chi connectivity index (χ1) is 18.5. The standard InChI is InChI=1S/C25H41N7O7/c26-11-3-1-5-18(30-22(35)17(28)13-15-7-9-16(33)10-8-15)23(36)32-20(14-21(29)34)24(37)31-19(25(38)39)6-2-4-12-27/h7-10,17-20,33H,1-6,11-14,26-28H2,(H2,29,34)(H,30,35)(H,31,37)(H,32,36)(H,38,39). The van der Waals surface area contributed by atoms with Crippen molar-refractivity contribution in [2.45, 2.75) is 75.5 Å². The Labute approximate surface area is 227 Å². The van der Waals surface area contributed by atoms with Gasteiger partial charge in [-0.25, -0.2) is 4.79 Å². The lowest BCUT2D eigenvalue weighted by Crippen LogP contribution is -2.57. The fraction of sp³-hybridized carbons (Fsp3) is 0.560. The zero-order valence-electron chi connectivity index (χ0n) is 21.9. The Hall–Kier alpha value is -3.75. The predicted molar refractivity (Wildman–Crippen MR) is 143 cm³/mol. The summed E-state index contributed by atoms with van der Waals surface area (Å²) in [4.78, 5) is 61.9. The normalized spacial score (nSPS) is 13.9. The van der Waals surface area contributed by atoms with E-state index in [1.54, 1.807) is 12.1 Å². The molecule has 0 radical (unpaired) electrons. The zero-order chi connectivity index (χ0) is 29.4. The molecule has 4 unspecified atom stereocenters. The number of carboxylic acid groups (broad SMARTS) is 1. The number of carbonyl (C=O) groups is 5. The van der Waals surface area contributed by atoms with Gasteiger partial charge in [0.15, 0.2) is 0 Å².